The molecule has 7 aromatic carbocycles. The monoisotopic (exact) mass is 574 g/mol. The number of hydrogen-bond donors (Lipinski definition) is 0. The summed E-state index contributed by atoms with van der Waals surface area (Å²) >= 11 is 0. The van der Waals surface area contributed by atoms with Crippen molar-refractivity contribution in [3.63, 3.8) is 0 Å². The number of aromatic nitrogens is 2. The standard InChI is InChI=1S/C42H26N2O/c1-2-12-27(13-3-1)28-24-29(43-37-18-8-4-14-31(37)32-15-5-9-19-38(32)43)26-30(25-28)44-39-20-10-6-16-33(39)35-22-23-36-34-17-7-11-21-40(34)45-42(36)41(35)44/h1-26H. The van der Waals surface area contributed by atoms with Crippen LogP contribution < -0.4 is 0 Å². The highest BCUT2D eigenvalue weighted by Crippen LogP contribution is 2.42. The van der Waals surface area contributed by atoms with Crippen molar-refractivity contribution >= 4 is 65.6 Å². The summed E-state index contributed by atoms with van der Waals surface area (Å²) in [7, 11) is 0. The van der Waals surface area contributed by atoms with E-state index in [4.69, 9.17) is 4.42 Å². The molecule has 210 valence electrons. The van der Waals surface area contributed by atoms with E-state index in [1.807, 2.05) is 6.07 Å². The first-order chi connectivity index (χ1) is 22.3. The highest BCUT2D eigenvalue weighted by atomic mass is 16.3. The zero-order chi connectivity index (χ0) is 29.5. The van der Waals surface area contributed by atoms with E-state index in [2.05, 4.69) is 161 Å². The Hall–Kier alpha value is -6.06. The molecule has 10 aromatic rings. The van der Waals surface area contributed by atoms with Gasteiger partial charge in [-0.2, -0.15) is 0 Å². The van der Waals surface area contributed by atoms with Crippen LogP contribution in [0.4, 0.5) is 0 Å². The van der Waals surface area contributed by atoms with E-state index in [9.17, 15) is 0 Å². The maximum Gasteiger partial charge on any atom is 0.160 e. The summed E-state index contributed by atoms with van der Waals surface area (Å²) < 4.78 is 11.5. The summed E-state index contributed by atoms with van der Waals surface area (Å²) in [6.07, 6.45) is 0. The van der Waals surface area contributed by atoms with Gasteiger partial charge in [0.2, 0.25) is 0 Å². The lowest BCUT2D eigenvalue weighted by Gasteiger charge is -2.16. The van der Waals surface area contributed by atoms with Crippen LogP contribution in [-0.4, -0.2) is 9.13 Å². The number of para-hydroxylation sites is 4. The first-order valence-electron chi connectivity index (χ1n) is 15.4. The van der Waals surface area contributed by atoms with E-state index in [-0.39, 0.29) is 0 Å². The second-order valence-corrected chi connectivity index (χ2v) is 11.8. The molecule has 0 aliphatic carbocycles. The van der Waals surface area contributed by atoms with Gasteiger partial charge in [0.25, 0.3) is 0 Å². The molecule has 0 fully saturated rings. The molecule has 45 heavy (non-hydrogen) atoms. The Morgan fingerprint density at radius 1 is 0.356 bits per heavy atom. The SMILES string of the molecule is c1ccc(-c2cc(-n3c4ccccc4c4ccccc43)cc(-n3c4ccccc4c4ccc5c6ccccc6oc5c43)c2)cc1. The fraction of sp³-hybridized carbons (Fsp3) is 0. The number of rotatable bonds is 3. The van der Waals surface area contributed by atoms with Gasteiger partial charge < -0.3 is 13.6 Å². The molecule has 0 saturated heterocycles. The smallest absolute Gasteiger partial charge is 0.160 e. The largest absolute Gasteiger partial charge is 0.454 e. The molecule has 3 aromatic heterocycles. The fourth-order valence-electron chi connectivity index (χ4n) is 7.35. The van der Waals surface area contributed by atoms with Gasteiger partial charge >= 0.3 is 0 Å². The molecule has 3 heteroatoms. The maximum absolute atomic E-state index is 6.66. The van der Waals surface area contributed by atoms with Crippen LogP contribution in [0.15, 0.2) is 162 Å². The van der Waals surface area contributed by atoms with E-state index < -0.39 is 0 Å². The highest BCUT2D eigenvalue weighted by molar-refractivity contribution is 6.21. The molecule has 0 N–H and O–H groups in total. The lowest BCUT2D eigenvalue weighted by Crippen LogP contribution is -2.00. The van der Waals surface area contributed by atoms with E-state index in [0.717, 1.165) is 49.9 Å². The molecule has 3 nitrogen and oxygen atoms in total. The lowest BCUT2D eigenvalue weighted by atomic mass is 10.0. The molecule has 0 aliphatic heterocycles. The molecule has 3 heterocycles. The van der Waals surface area contributed by atoms with Crippen molar-refractivity contribution in [2.24, 2.45) is 0 Å². The van der Waals surface area contributed by atoms with Crippen LogP contribution in [0.25, 0.3) is 88.1 Å². The minimum Gasteiger partial charge on any atom is -0.454 e. The van der Waals surface area contributed by atoms with Crippen molar-refractivity contribution in [1.82, 2.24) is 9.13 Å². The summed E-state index contributed by atoms with van der Waals surface area (Å²) in [6, 6.07) is 56.6. The van der Waals surface area contributed by atoms with Crippen molar-refractivity contribution in [3.8, 4) is 22.5 Å². The van der Waals surface area contributed by atoms with Crippen LogP contribution in [0.3, 0.4) is 0 Å². The Labute approximate surface area is 258 Å². The number of fused-ring (bicyclic) bond motifs is 10. The topological polar surface area (TPSA) is 23.0 Å². The van der Waals surface area contributed by atoms with E-state index in [1.165, 1.54) is 38.1 Å². The van der Waals surface area contributed by atoms with Crippen molar-refractivity contribution in [3.05, 3.63) is 158 Å². The van der Waals surface area contributed by atoms with Crippen LogP contribution >= 0.6 is 0 Å². The van der Waals surface area contributed by atoms with Crippen molar-refractivity contribution < 1.29 is 4.42 Å². The van der Waals surface area contributed by atoms with Gasteiger partial charge in [0.05, 0.1) is 22.1 Å². The summed E-state index contributed by atoms with van der Waals surface area (Å²) in [6.45, 7) is 0. The predicted molar refractivity (Wildman–Crippen MR) is 188 cm³/mol. The molecule has 0 atom stereocenters. The zero-order valence-electron chi connectivity index (χ0n) is 24.3. The molecule has 0 saturated carbocycles. The first-order valence-corrected chi connectivity index (χ1v) is 15.4. The van der Waals surface area contributed by atoms with E-state index in [1.54, 1.807) is 0 Å². The normalized spacial score (nSPS) is 12.0. The average Bonchev–Trinajstić information content (AvgIpc) is 3.76. The van der Waals surface area contributed by atoms with Gasteiger partial charge in [-0.15, -0.1) is 0 Å². The highest BCUT2D eigenvalue weighted by Gasteiger charge is 2.20. The minimum atomic E-state index is 0.904. The number of nitrogens with zero attached hydrogens (tertiary/aromatic N) is 2. The second kappa shape index (κ2) is 9.22. The molecule has 0 radical (unpaired) electrons. The molecule has 0 aliphatic rings. The van der Waals surface area contributed by atoms with Crippen molar-refractivity contribution in [2.75, 3.05) is 0 Å². The van der Waals surface area contributed by atoms with Crippen molar-refractivity contribution in [2.45, 2.75) is 0 Å². The molecule has 0 bridgehead atoms. The van der Waals surface area contributed by atoms with E-state index >= 15 is 0 Å². The number of hydrogen-bond acceptors (Lipinski definition) is 1. The molecule has 0 amide bonds. The van der Waals surface area contributed by atoms with Gasteiger partial charge in [0.1, 0.15) is 5.58 Å². The Morgan fingerprint density at radius 2 is 0.867 bits per heavy atom. The molecular formula is C42H26N2O. The number of benzene rings is 7. The first kappa shape index (κ1) is 24.4. The fourth-order valence-corrected chi connectivity index (χ4v) is 7.35. The predicted octanol–water partition coefficient (Wildman–Crippen LogP) is 11.4. The summed E-state index contributed by atoms with van der Waals surface area (Å²) in [5.74, 6) is 0. The minimum absolute atomic E-state index is 0.904. The Bertz CT molecular complexity index is 2710. The third-order valence-electron chi connectivity index (χ3n) is 9.29. The lowest BCUT2D eigenvalue weighted by molar-refractivity contribution is 0.671. The Kier molecular flexibility index (Phi) is 5.00. The van der Waals surface area contributed by atoms with Gasteiger partial charge in [0, 0.05) is 43.7 Å². The van der Waals surface area contributed by atoms with Crippen LogP contribution in [-0.2, 0) is 0 Å². The number of furan rings is 1. The van der Waals surface area contributed by atoms with Crippen LogP contribution in [0.1, 0.15) is 0 Å². The zero-order valence-corrected chi connectivity index (χ0v) is 24.3. The summed E-state index contributed by atoms with van der Waals surface area (Å²) in [5, 5.41) is 7.15. The van der Waals surface area contributed by atoms with Gasteiger partial charge in [-0.3, -0.25) is 0 Å². The molecule has 0 spiro atoms. The van der Waals surface area contributed by atoms with Crippen LogP contribution in [0, 0.1) is 0 Å². The third-order valence-corrected chi connectivity index (χ3v) is 9.29. The van der Waals surface area contributed by atoms with E-state index in [0.29, 0.717) is 0 Å². The average molecular weight is 575 g/mol. The van der Waals surface area contributed by atoms with Crippen molar-refractivity contribution in [1.29, 1.82) is 0 Å². The summed E-state index contributed by atoms with van der Waals surface area (Å²) in [5.41, 5.74) is 11.0. The maximum atomic E-state index is 6.66. The quantitative estimate of drug-likeness (QED) is 0.206. The Morgan fingerprint density at radius 3 is 1.56 bits per heavy atom. The van der Waals surface area contributed by atoms with Crippen LogP contribution in [0.2, 0.25) is 0 Å². The molecule has 10 rings (SSSR count). The van der Waals surface area contributed by atoms with Gasteiger partial charge in [-0.25, -0.2) is 0 Å². The van der Waals surface area contributed by atoms with Gasteiger partial charge in [-0.1, -0.05) is 109 Å². The summed E-state index contributed by atoms with van der Waals surface area (Å²) in [4.78, 5) is 0. The molecule has 0 unspecified atom stereocenters. The van der Waals surface area contributed by atoms with Gasteiger partial charge in [0.15, 0.2) is 5.58 Å². The Balaban J connectivity index is 1.37. The molecular weight excluding hydrogens is 548 g/mol. The van der Waals surface area contributed by atoms with Crippen LogP contribution in [0.5, 0.6) is 0 Å². The van der Waals surface area contributed by atoms with Gasteiger partial charge in [-0.05, 0) is 59.7 Å². The third kappa shape index (κ3) is 3.46. The second-order valence-electron chi connectivity index (χ2n) is 11.8.